The van der Waals surface area contributed by atoms with E-state index in [0.717, 1.165) is 11.8 Å². The summed E-state index contributed by atoms with van der Waals surface area (Å²) in [6.45, 7) is 0. The van der Waals surface area contributed by atoms with E-state index in [1.54, 1.807) is 6.07 Å². The molecular formula is C8H8CaO5SSb+. The van der Waals surface area contributed by atoms with Gasteiger partial charge in [-0.3, -0.25) is 0 Å². The first-order valence-corrected chi connectivity index (χ1v) is 9.48. The Morgan fingerprint density at radius 3 is 2.44 bits per heavy atom. The maximum atomic E-state index is 11.1. The van der Waals surface area contributed by atoms with Crippen molar-refractivity contribution in [1.29, 1.82) is 0 Å². The molecule has 1 aromatic rings. The number of carbonyl (C=O) groups is 1. The monoisotopic (exact) mass is 377 g/mol. The fourth-order valence-electron chi connectivity index (χ4n) is 0.957. The second kappa shape index (κ2) is 7.31. The van der Waals surface area contributed by atoms with Crippen molar-refractivity contribution in [2.24, 2.45) is 0 Å². The van der Waals surface area contributed by atoms with Gasteiger partial charge in [0.15, 0.2) is 0 Å². The van der Waals surface area contributed by atoms with Crippen LogP contribution in [0, 0.1) is 0 Å². The molecule has 2 N–H and O–H groups in total. The summed E-state index contributed by atoms with van der Waals surface area (Å²) >= 11 is -4.41. The van der Waals surface area contributed by atoms with E-state index in [9.17, 15) is 12.9 Å². The van der Waals surface area contributed by atoms with Crippen LogP contribution in [0.3, 0.4) is 0 Å². The molecule has 0 aromatic heterocycles. The predicted molar refractivity (Wildman–Crippen MR) is 58.4 cm³/mol. The van der Waals surface area contributed by atoms with Crippen molar-refractivity contribution < 1.29 is 19.7 Å². The first-order valence-electron chi connectivity index (χ1n) is 3.89. The molecule has 0 saturated carbocycles. The second-order valence-electron chi connectivity index (χ2n) is 2.67. The molecule has 0 unspecified atom stereocenters. The SMILES string of the molecule is O=C([O-])CSc1cccc[c]1[Sb](=[O])([OH])[OH].[Ca+2]. The zero-order valence-corrected chi connectivity index (χ0v) is 13.8. The Hall–Kier alpha value is 0.838. The number of thioether (sulfide) groups is 1. The van der Waals surface area contributed by atoms with E-state index in [-0.39, 0.29) is 47.0 Å². The summed E-state index contributed by atoms with van der Waals surface area (Å²) in [5.41, 5.74) is 0. The molecule has 0 fully saturated rings. The minimum Gasteiger partial charge on any atom is 2.00 e. The van der Waals surface area contributed by atoms with Gasteiger partial charge in [-0.25, -0.2) is 0 Å². The minimum atomic E-state index is -5.26. The van der Waals surface area contributed by atoms with Crippen LogP contribution in [0.25, 0.3) is 0 Å². The normalized spacial score (nSPS) is 10.6. The zero-order chi connectivity index (χ0) is 11.5. The Kier molecular flexibility index (Phi) is 7.69. The average Bonchev–Trinajstić information content (AvgIpc) is 2.13. The van der Waals surface area contributed by atoms with E-state index in [4.69, 9.17) is 6.77 Å². The van der Waals surface area contributed by atoms with Crippen LogP contribution in [0.5, 0.6) is 0 Å². The number of benzene rings is 1. The summed E-state index contributed by atoms with van der Waals surface area (Å²) in [6, 6.07) is 5.90. The zero-order valence-electron chi connectivity index (χ0n) is 8.20. The van der Waals surface area contributed by atoms with E-state index >= 15 is 0 Å². The number of carboxylic acids is 1. The van der Waals surface area contributed by atoms with Crippen molar-refractivity contribution in [3.8, 4) is 0 Å². The molecule has 0 amide bonds. The molecule has 1 rings (SSSR count). The number of rotatable bonds is 4. The fourth-order valence-corrected chi connectivity index (χ4v) is 4.80. The molecule has 1 aromatic carbocycles. The maximum absolute atomic E-state index is 11.1. The Balaban J connectivity index is 0.00000225. The van der Waals surface area contributed by atoms with Gasteiger partial charge in [0.1, 0.15) is 0 Å². The van der Waals surface area contributed by atoms with Gasteiger partial charge in [-0.2, -0.15) is 0 Å². The van der Waals surface area contributed by atoms with Crippen LogP contribution in [0.2, 0.25) is 0 Å². The van der Waals surface area contributed by atoms with Gasteiger partial charge in [-0.1, -0.05) is 0 Å². The molecule has 0 aliphatic carbocycles. The fraction of sp³-hybridized carbons (Fsp3) is 0.125. The quantitative estimate of drug-likeness (QED) is 0.452. The standard InChI is InChI=1S/C8H7O2S.Ca.2H2O.O.Sb/c9-8(10)6-11-7-4-2-1-3-5-7;;;;;/h1-4H,6H2,(H,9,10);;2*1H2;;/q;+2;;;;+2/p-3. The molecule has 5 nitrogen and oxygen atoms in total. The summed E-state index contributed by atoms with van der Waals surface area (Å²) in [5.74, 6) is -1.59. The minimum absolute atomic E-state index is 0. The van der Waals surface area contributed by atoms with E-state index < -0.39 is 25.6 Å². The molecule has 0 heterocycles. The van der Waals surface area contributed by atoms with Gasteiger partial charge in [0.2, 0.25) is 0 Å². The molecular weight excluding hydrogens is 370 g/mol. The first-order chi connectivity index (χ1) is 6.91. The van der Waals surface area contributed by atoms with Gasteiger partial charge in [0.25, 0.3) is 0 Å². The Bertz CT molecular complexity index is 419. The molecule has 8 heteroatoms. The number of hydrogen-bond acceptors (Lipinski definition) is 4. The average molecular weight is 378 g/mol. The van der Waals surface area contributed by atoms with Crippen LogP contribution < -0.4 is 8.62 Å². The van der Waals surface area contributed by atoms with Crippen molar-refractivity contribution in [3.63, 3.8) is 0 Å². The maximum Gasteiger partial charge on any atom is 2.00 e. The molecule has 0 spiro atoms. The first kappa shape index (κ1) is 16.8. The molecule has 0 aliphatic rings. The van der Waals surface area contributed by atoms with Crippen LogP contribution in [-0.2, 0) is 7.81 Å². The van der Waals surface area contributed by atoms with E-state index in [2.05, 4.69) is 0 Å². The molecule has 0 bridgehead atoms. The predicted octanol–water partition coefficient (Wildman–Crippen LogP) is -2.29. The largest absolute Gasteiger partial charge is 2.00 e. The number of aliphatic carboxylic acids is 1. The molecule has 16 heavy (non-hydrogen) atoms. The van der Waals surface area contributed by atoms with Crippen LogP contribution in [0.4, 0.5) is 0 Å². The molecule has 0 aliphatic heterocycles. The van der Waals surface area contributed by atoms with E-state index in [1.807, 2.05) is 0 Å². The van der Waals surface area contributed by atoms with Crippen molar-refractivity contribution in [2.45, 2.75) is 4.90 Å². The third kappa shape index (κ3) is 5.45. The summed E-state index contributed by atoms with van der Waals surface area (Å²) in [5, 5.41) is 10.2. The molecule has 0 saturated heterocycles. The second-order valence-corrected chi connectivity index (χ2v) is 8.17. The van der Waals surface area contributed by atoms with Crippen LogP contribution in [-0.4, -0.2) is 75.9 Å². The summed E-state index contributed by atoms with van der Waals surface area (Å²) in [7, 11) is 0. The summed E-state index contributed by atoms with van der Waals surface area (Å²) in [6.07, 6.45) is 0. The summed E-state index contributed by atoms with van der Waals surface area (Å²) in [4.78, 5) is 10.5. The van der Waals surface area contributed by atoms with E-state index in [1.165, 1.54) is 18.2 Å². The molecule has 0 atom stereocenters. The van der Waals surface area contributed by atoms with Crippen LogP contribution in [0.15, 0.2) is 29.2 Å². The number of carboxylic acid groups (broad SMARTS) is 1. The van der Waals surface area contributed by atoms with Gasteiger partial charge in [-0.15, -0.1) is 0 Å². The van der Waals surface area contributed by atoms with Gasteiger partial charge in [0, 0.05) is 0 Å². The molecule has 82 valence electrons. The third-order valence-corrected chi connectivity index (χ3v) is 5.93. The van der Waals surface area contributed by atoms with Gasteiger partial charge < -0.3 is 0 Å². The Morgan fingerprint density at radius 1 is 1.38 bits per heavy atom. The van der Waals surface area contributed by atoms with Crippen molar-refractivity contribution >= 4 is 78.6 Å². The Morgan fingerprint density at radius 2 is 1.94 bits per heavy atom. The van der Waals surface area contributed by atoms with Crippen molar-refractivity contribution in [1.82, 2.24) is 0 Å². The van der Waals surface area contributed by atoms with Gasteiger partial charge in [0.05, 0.1) is 0 Å². The van der Waals surface area contributed by atoms with Crippen molar-refractivity contribution in [3.05, 3.63) is 24.3 Å². The smallest absolute Gasteiger partial charge is 2.00 e. The van der Waals surface area contributed by atoms with E-state index in [0.29, 0.717) is 4.90 Å². The number of hydrogen-bond donors (Lipinski definition) is 2. The van der Waals surface area contributed by atoms with Crippen LogP contribution >= 0.6 is 11.8 Å². The topological polar surface area (TPSA) is 97.7 Å². The van der Waals surface area contributed by atoms with Crippen LogP contribution in [0.1, 0.15) is 0 Å². The van der Waals surface area contributed by atoms with Crippen molar-refractivity contribution in [2.75, 3.05) is 5.75 Å². The van der Waals surface area contributed by atoms with Gasteiger partial charge in [-0.05, 0) is 0 Å². The molecule has 0 radical (unpaired) electrons. The summed E-state index contributed by atoms with van der Waals surface area (Å²) < 4.78 is 29.2. The Labute approximate surface area is 131 Å². The third-order valence-electron chi connectivity index (χ3n) is 1.52. The van der Waals surface area contributed by atoms with Gasteiger partial charge >= 0.3 is 133 Å². The number of carbonyl (C=O) groups excluding carboxylic acids is 1.